The summed E-state index contributed by atoms with van der Waals surface area (Å²) in [5.74, 6) is -6.35. The molecule has 3 heterocycles. The third-order valence-electron chi connectivity index (χ3n) is 5.04. The average Bonchev–Trinajstić information content (AvgIpc) is 3.13. The number of likely N-dealkylation sites (tertiary alicyclic amines) is 1. The Morgan fingerprint density at radius 1 is 1.26 bits per heavy atom. The summed E-state index contributed by atoms with van der Waals surface area (Å²) < 4.78 is 0.443. The highest BCUT2D eigenvalue weighted by atomic mass is 35.5. The molecule has 0 radical (unpaired) electrons. The number of imide groups is 1. The van der Waals surface area contributed by atoms with Crippen LogP contribution in [0, 0.1) is 11.8 Å². The number of nitrogens with zero attached hydrogens (tertiary/aromatic N) is 1. The molecule has 27 heavy (non-hydrogen) atoms. The minimum atomic E-state index is -2.08. The number of nitrogens with one attached hydrogen (secondary N) is 1. The number of thiophene rings is 1. The molecule has 10 heteroatoms. The number of aliphatic carboxylic acids is 2. The van der Waals surface area contributed by atoms with Crippen molar-refractivity contribution >= 4 is 46.7 Å². The Bertz CT molecular complexity index is 847. The molecule has 0 bridgehead atoms. The molecule has 8 nitrogen and oxygen atoms in total. The van der Waals surface area contributed by atoms with Crippen LogP contribution < -0.4 is 5.32 Å². The molecular weight excluding hydrogens is 396 g/mol. The number of hydrogen-bond acceptors (Lipinski definition) is 6. The number of carbonyl (C=O) groups is 4. The molecule has 3 N–H and O–H groups in total. The van der Waals surface area contributed by atoms with Crippen LogP contribution in [-0.4, -0.2) is 49.9 Å². The third-order valence-corrected chi connectivity index (χ3v) is 6.35. The standard InChI is InChI=1S/C17H19ClN2O6S/c1-16(2,3)20-13(23)10-11(14(20)24)17(15(25)26,6-9(21)22)19-12(10)7-4-5-8(18)27-7/h4-5,10-12,19H,6H2,1-3H3,(H,21,22)(H,25,26). The Kier molecular flexibility index (Phi) is 4.61. The summed E-state index contributed by atoms with van der Waals surface area (Å²) >= 11 is 7.14. The SMILES string of the molecule is CC(C)(C)N1C(=O)C2C(c3ccc(Cl)s3)NC(CC(=O)O)(C(=O)O)C2C1=O. The van der Waals surface area contributed by atoms with Gasteiger partial charge in [-0.25, -0.2) is 0 Å². The van der Waals surface area contributed by atoms with Crippen molar-refractivity contribution < 1.29 is 29.4 Å². The highest BCUT2D eigenvalue weighted by molar-refractivity contribution is 7.16. The van der Waals surface area contributed by atoms with Crippen molar-refractivity contribution in [3.05, 3.63) is 21.3 Å². The zero-order valence-corrected chi connectivity index (χ0v) is 16.4. The van der Waals surface area contributed by atoms with E-state index in [1.807, 2.05) is 0 Å². The van der Waals surface area contributed by atoms with Gasteiger partial charge in [-0.15, -0.1) is 11.3 Å². The first-order valence-corrected chi connectivity index (χ1v) is 9.45. The van der Waals surface area contributed by atoms with Crippen molar-refractivity contribution in [3.8, 4) is 0 Å². The zero-order valence-electron chi connectivity index (χ0n) is 14.9. The van der Waals surface area contributed by atoms with Gasteiger partial charge in [0.05, 0.1) is 28.6 Å². The van der Waals surface area contributed by atoms with Gasteiger partial charge in [-0.2, -0.15) is 0 Å². The highest BCUT2D eigenvalue weighted by Gasteiger charge is 2.70. The largest absolute Gasteiger partial charge is 0.481 e. The smallest absolute Gasteiger partial charge is 0.325 e. The Balaban J connectivity index is 2.19. The summed E-state index contributed by atoms with van der Waals surface area (Å²) in [6, 6.07) is 2.45. The van der Waals surface area contributed by atoms with E-state index in [4.69, 9.17) is 11.6 Å². The highest BCUT2D eigenvalue weighted by Crippen LogP contribution is 2.52. The molecule has 3 rings (SSSR count). The van der Waals surface area contributed by atoms with E-state index in [1.54, 1.807) is 32.9 Å². The quantitative estimate of drug-likeness (QED) is 0.641. The molecule has 2 saturated heterocycles. The van der Waals surface area contributed by atoms with Crippen LogP contribution in [0.15, 0.2) is 12.1 Å². The van der Waals surface area contributed by atoms with Gasteiger partial charge >= 0.3 is 11.9 Å². The molecular formula is C17H19ClN2O6S. The van der Waals surface area contributed by atoms with E-state index in [0.717, 1.165) is 16.2 Å². The molecule has 1 aromatic rings. The number of amides is 2. The van der Waals surface area contributed by atoms with Gasteiger partial charge in [0, 0.05) is 10.4 Å². The van der Waals surface area contributed by atoms with Gasteiger partial charge in [-0.3, -0.25) is 29.4 Å². The lowest BCUT2D eigenvalue weighted by Crippen LogP contribution is -2.58. The molecule has 2 aliphatic rings. The molecule has 0 aromatic carbocycles. The van der Waals surface area contributed by atoms with E-state index >= 15 is 0 Å². The molecule has 0 aliphatic carbocycles. The normalized spacial score (nSPS) is 30.7. The van der Waals surface area contributed by atoms with Crippen LogP contribution >= 0.6 is 22.9 Å². The number of carboxylic acids is 2. The van der Waals surface area contributed by atoms with Crippen LogP contribution in [0.5, 0.6) is 0 Å². The van der Waals surface area contributed by atoms with Crippen molar-refractivity contribution in [1.29, 1.82) is 0 Å². The van der Waals surface area contributed by atoms with Gasteiger partial charge < -0.3 is 10.2 Å². The summed E-state index contributed by atoms with van der Waals surface area (Å²) in [7, 11) is 0. The van der Waals surface area contributed by atoms with Crippen molar-refractivity contribution in [1.82, 2.24) is 10.2 Å². The second kappa shape index (κ2) is 6.29. The van der Waals surface area contributed by atoms with Crippen LogP contribution in [0.2, 0.25) is 4.34 Å². The first kappa shape index (κ1) is 19.8. The molecule has 2 aliphatic heterocycles. The summed E-state index contributed by atoms with van der Waals surface area (Å²) in [4.78, 5) is 51.5. The summed E-state index contributed by atoms with van der Waals surface area (Å²) in [6.07, 6.45) is -0.823. The number of halogens is 1. The van der Waals surface area contributed by atoms with Crippen LogP contribution in [-0.2, 0) is 19.2 Å². The zero-order chi connectivity index (χ0) is 20.3. The van der Waals surface area contributed by atoms with E-state index in [9.17, 15) is 29.4 Å². The Hall–Kier alpha value is -1.97. The fourth-order valence-corrected chi connectivity index (χ4v) is 5.24. The Morgan fingerprint density at radius 2 is 1.89 bits per heavy atom. The Labute approximate surface area is 164 Å². The monoisotopic (exact) mass is 414 g/mol. The number of carbonyl (C=O) groups excluding carboxylic acids is 2. The van der Waals surface area contributed by atoms with E-state index in [1.165, 1.54) is 0 Å². The number of fused-ring (bicyclic) bond motifs is 1. The van der Waals surface area contributed by atoms with Crippen molar-refractivity contribution in [2.45, 2.75) is 44.3 Å². The first-order valence-electron chi connectivity index (χ1n) is 8.26. The molecule has 146 valence electrons. The summed E-state index contributed by atoms with van der Waals surface area (Å²) in [6.45, 7) is 5.02. The Morgan fingerprint density at radius 3 is 2.33 bits per heavy atom. The van der Waals surface area contributed by atoms with Crippen LogP contribution in [0.4, 0.5) is 0 Å². The van der Waals surface area contributed by atoms with E-state index in [2.05, 4.69) is 5.32 Å². The van der Waals surface area contributed by atoms with Crippen LogP contribution in [0.3, 0.4) is 0 Å². The van der Waals surface area contributed by atoms with Gasteiger partial charge in [0.25, 0.3) is 0 Å². The fourth-order valence-electron chi connectivity index (χ4n) is 4.08. The minimum absolute atomic E-state index is 0.443. The third kappa shape index (κ3) is 2.94. The molecule has 0 saturated carbocycles. The van der Waals surface area contributed by atoms with Gasteiger partial charge in [-0.1, -0.05) is 11.6 Å². The minimum Gasteiger partial charge on any atom is -0.481 e. The molecule has 2 fully saturated rings. The lowest BCUT2D eigenvalue weighted by atomic mass is 9.78. The topological polar surface area (TPSA) is 124 Å². The van der Waals surface area contributed by atoms with Crippen LogP contribution in [0.25, 0.3) is 0 Å². The van der Waals surface area contributed by atoms with Crippen LogP contribution in [0.1, 0.15) is 38.1 Å². The second-order valence-electron chi connectivity index (χ2n) is 7.80. The maximum absolute atomic E-state index is 13.1. The lowest BCUT2D eigenvalue weighted by Gasteiger charge is -2.34. The molecule has 4 unspecified atom stereocenters. The maximum Gasteiger partial charge on any atom is 0.325 e. The van der Waals surface area contributed by atoms with Gasteiger partial charge in [0.15, 0.2) is 0 Å². The fraction of sp³-hybridized carbons (Fsp3) is 0.529. The average molecular weight is 415 g/mol. The van der Waals surface area contributed by atoms with Crippen molar-refractivity contribution in [2.75, 3.05) is 0 Å². The van der Waals surface area contributed by atoms with Gasteiger partial charge in [0.1, 0.15) is 5.54 Å². The summed E-state index contributed by atoms with van der Waals surface area (Å²) in [5, 5.41) is 22.0. The molecule has 4 atom stereocenters. The number of carboxylic acid groups (broad SMARTS) is 2. The van der Waals surface area contributed by atoms with Crippen molar-refractivity contribution in [3.63, 3.8) is 0 Å². The summed E-state index contributed by atoms with van der Waals surface area (Å²) in [5.41, 5.74) is -2.94. The maximum atomic E-state index is 13.1. The van der Waals surface area contributed by atoms with Gasteiger partial charge in [-0.05, 0) is 32.9 Å². The second-order valence-corrected chi connectivity index (χ2v) is 9.54. The van der Waals surface area contributed by atoms with E-state index in [-0.39, 0.29) is 0 Å². The van der Waals surface area contributed by atoms with Crippen molar-refractivity contribution in [2.24, 2.45) is 11.8 Å². The van der Waals surface area contributed by atoms with Gasteiger partial charge in [0.2, 0.25) is 11.8 Å². The van der Waals surface area contributed by atoms with E-state index < -0.39 is 59.1 Å². The number of rotatable bonds is 4. The van der Waals surface area contributed by atoms with E-state index in [0.29, 0.717) is 9.21 Å². The first-order chi connectivity index (χ1) is 12.4. The number of hydrogen-bond donors (Lipinski definition) is 3. The molecule has 2 amide bonds. The molecule has 1 aromatic heterocycles. The predicted molar refractivity (Wildman–Crippen MR) is 96.4 cm³/mol. The lowest BCUT2D eigenvalue weighted by molar-refractivity contribution is -0.157. The molecule has 0 spiro atoms. The predicted octanol–water partition coefficient (Wildman–Crippen LogP) is 1.74.